The number of nitro groups is 1. The molecule has 2 heterocycles. The third kappa shape index (κ3) is 3.49. The van der Waals surface area contributed by atoms with E-state index >= 15 is 0 Å². The number of nitro benzene ring substituents is 1. The van der Waals surface area contributed by atoms with Gasteiger partial charge in [-0.1, -0.05) is 12.1 Å². The number of allylic oxidation sites excluding steroid dienone is 1. The van der Waals surface area contributed by atoms with Crippen LogP contribution < -0.4 is 15.2 Å². The van der Waals surface area contributed by atoms with Crippen molar-refractivity contribution in [3.8, 4) is 23.4 Å². The third-order valence-corrected chi connectivity index (χ3v) is 5.30. The molecule has 0 radical (unpaired) electrons. The Labute approximate surface area is 187 Å². The Kier molecular flexibility index (Phi) is 5.19. The second-order valence-electron chi connectivity index (χ2n) is 7.18. The molecular weight excluding hydrogens is 430 g/mol. The van der Waals surface area contributed by atoms with Gasteiger partial charge in [-0.3, -0.25) is 10.1 Å². The van der Waals surface area contributed by atoms with Gasteiger partial charge >= 0.3 is 11.7 Å². The number of ether oxygens (including phenoxy) is 2. The molecule has 4 rings (SSSR count). The molecule has 0 saturated heterocycles. The molecule has 11 heteroatoms. The van der Waals surface area contributed by atoms with E-state index in [1.807, 2.05) is 6.07 Å². The van der Waals surface area contributed by atoms with Crippen molar-refractivity contribution >= 4 is 11.7 Å². The largest absolute Gasteiger partial charge is 0.490 e. The summed E-state index contributed by atoms with van der Waals surface area (Å²) >= 11 is 0. The number of fused-ring (bicyclic) bond motifs is 1. The Bertz CT molecular complexity index is 1380. The Balaban J connectivity index is 1.95. The number of aromatic nitrogens is 2. The van der Waals surface area contributed by atoms with Crippen LogP contribution in [0.5, 0.6) is 11.6 Å². The second kappa shape index (κ2) is 8.01. The molecule has 1 aliphatic rings. The van der Waals surface area contributed by atoms with Crippen molar-refractivity contribution in [1.29, 1.82) is 5.26 Å². The normalized spacial score (nSPS) is 14.8. The van der Waals surface area contributed by atoms with Gasteiger partial charge in [0.2, 0.25) is 11.8 Å². The number of rotatable bonds is 5. The van der Waals surface area contributed by atoms with Gasteiger partial charge in [0.25, 0.3) is 0 Å². The molecule has 0 spiro atoms. The van der Waals surface area contributed by atoms with Gasteiger partial charge < -0.3 is 20.3 Å². The first-order chi connectivity index (χ1) is 15.8. The molecule has 0 aliphatic carbocycles. The highest BCUT2D eigenvalue weighted by Crippen LogP contribution is 2.46. The van der Waals surface area contributed by atoms with Gasteiger partial charge in [-0.2, -0.15) is 10.4 Å². The molecule has 2 aromatic carbocycles. The number of carboxylic acid groups (broad SMARTS) is 1. The maximum Gasteiger partial charge on any atom is 0.335 e. The van der Waals surface area contributed by atoms with Crippen molar-refractivity contribution in [3.63, 3.8) is 0 Å². The van der Waals surface area contributed by atoms with Crippen LogP contribution >= 0.6 is 0 Å². The highest BCUT2D eigenvalue weighted by atomic mass is 16.6. The number of hydrogen-bond donors (Lipinski definition) is 2. The SMILES string of the molecule is COc1ccc(C2C(C#N)=C(N)Oc3c2c(C)nn3-c2cccc(C(=O)O)c2)cc1[N+](=O)[O-]. The summed E-state index contributed by atoms with van der Waals surface area (Å²) in [5.41, 5.74) is 7.72. The van der Waals surface area contributed by atoms with Gasteiger partial charge in [0.1, 0.15) is 11.6 Å². The van der Waals surface area contributed by atoms with Crippen LogP contribution in [0.3, 0.4) is 0 Å². The topological polar surface area (TPSA) is 167 Å². The lowest BCUT2D eigenvalue weighted by atomic mass is 9.84. The smallest absolute Gasteiger partial charge is 0.335 e. The van der Waals surface area contributed by atoms with E-state index in [1.165, 1.54) is 36.1 Å². The lowest BCUT2D eigenvalue weighted by Gasteiger charge is -2.25. The van der Waals surface area contributed by atoms with Crippen LogP contribution in [0.25, 0.3) is 5.69 Å². The van der Waals surface area contributed by atoms with Crippen LogP contribution in [-0.2, 0) is 0 Å². The second-order valence-corrected chi connectivity index (χ2v) is 7.18. The standard InChI is InChI=1S/C22H17N5O6/c1-11-18-19(12-6-7-17(32-2)16(9-12)27(30)31)15(10-23)20(24)33-21(18)26(25-11)14-5-3-4-13(8-14)22(28)29/h3-9,19H,24H2,1-2H3,(H,28,29). The highest BCUT2D eigenvalue weighted by molar-refractivity contribution is 5.88. The highest BCUT2D eigenvalue weighted by Gasteiger charge is 2.37. The number of methoxy groups -OCH3 is 1. The van der Waals surface area contributed by atoms with Crippen LogP contribution in [-0.4, -0.2) is 32.9 Å². The number of aromatic carboxylic acids is 1. The van der Waals surface area contributed by atoms with Gasteiger partial charge in [-0.25, -0.2) is 9.48 Å². The van der Waals surface area contributed by atoms with E-state index in [1.54, 1.807) is 25.1 Å². The first kappa shape index (κ1) is 21.4. The van der Waals surface area contributed by atoms with E-state index in [4.69, 9.17) is 15.2 Å². The molecule has 3 N–H and O–H groups in total. The van der Waals surface area contributed by atoms with Crippen molar-refractivity contribution < 1.29 is 24.3 Å². The maximum atomic E-state index is 11.6. The number of carbonyl (C=O) groups is 1. The predicted molar refractivity (Wildman–Crippen MR) is 114 cm³/mol. The maximum absolute atomic E-state index is 11.6. The summed E-state index contributed by atoms with van der Waals surface area (Å²) in [6, 6.07) is 12.5. The Morgan fingerprint density at radius 3 is 2.76 bits per heavy atom. The van der Waals surface area contributed by atoms with Crippen molar-refractivity contribution in [2.45, 2.75) is 12.8 Å². The van der Waals surface area contributed by atoms with Crippen LogP contribution in [0.15, 0.2) is 53.9 Å². The van der Waals surface area contributed by atoms with Crippen molar-refractivity contribution in [1.82, 2.24) is 9.78 Å². The molecule has 0 saturated carbocycles. The van der Waals surface area contributed by atoms with E-state index in [2.05, 4.69) is 5.10 Å². The number of nitrogens with zero attached hydrogens (tertiary/aromatic N) is 4. The fourth-order valence-corrected chi connectivity index (χ4v) is 3.82. The molecular formula is C22H17N5O6. The van der Waals surface area contributed by atoms with Gasteiger partial charge in [-0.15, -0.1) is 0 Å². The Morgan fingerprint density at radius 2 is 2.12 bits per heavy atom. The number of hydrogen-bond acceptors (Lipinski definition) is 8. The van der Waals surface area contributed by atoms with Crippen LogP contribution in [0.1, 0.15) is 33.1 Å². The molecule has 11 nitrogen and oxygen atoms in total. The summed E-state index contributed by atoms with van der Waals surface area (Å²) in [5, 5.41) is 35.2. The van der Waals surface area contributed by atoms with Gasteiger partial charge in [0, 0.05) is 6.07 Å². The summed E-state index contributed by atoms with van der Waals surface area (Å²) in [6.07, 6.45) is 0. The minimum absolute atomic E-state index is 0.0498. The number of carboxylic acids is 1. The minimum atomic E-state index is -1.11. The predicted octanol–water partition coefficient (Wildman–Crippen LogP) is 3.01. The van der Waals surface area contributed by atoms with Crippen molar-refractivity contribution in [2.24, 2.45) is 5.73 Å². The van der Waals surface area contributed by atoms with Gasteiger partial charge in [0.15, 0.2) is 5.75 Å². The minimum Gasteiger partial charge on any atom is -0.490 e. The van der Waals surface area contributed by atoms with Crippen molar-refractivity contribution in [2.75, 3.05) is 7.11 Å². The zero-order valence-electron chi connectivity index (χ0n) is 17.5. The summed E-state index contributed by atoms with van der Waals surface area (Å²) in [7, 11) is 1.33. The lowest BCUT2D eigenvalue weighted by molar-refractivity contribution is -0.385. The van der Waals surface area contributed by atoms with Crippen LogP contribution in [0.2, 0.25) is 0 Å². The molecule has 166 valence electrons. The van der Waals surface area contributed by atoms with Gasteiger partial charge in [-0.05, 0) is 36.8 Å². The summed E-state index contributed by atoms with van der Waals surface area (Å²) < 4.78 is 12.2. The zero-order chi connectivity index (χ0) is 23.9. The zero-order valence-corrected chi connectivity index (χ0v) is 17.5. The number of nitrogens with two attached hydrogens (primary N) is 1. The molecule has 1 aromatic heterocycles. The number of aryl methyl sites for hydroxylation is 1. The molecule has 0 fully saturated rings. The summed E-state index contributed by atoms with van der Waals surface area (Å²) in [6.45, 7) is 1.70. The molecule has 33 heavy (non-hydrogen) atoms. The average Bonchev–Trinajstić information content (AvgIpc) is 3.13. The van der Waals surface area contributed by atoms with E-state index in [0.29, 0.717) is 22.5 Å². The van der Waals surface area contributed by atoms with E-state index in [-0.39, 0.29) is 34.3 Å². The fraction of sp³-hybridized carbons (Fsp3) is 0.136. The number of nitriles is 1. The molecule has 0 amide bonds. The average molecular weight is 447 g/mol. The molecule has 1 aliphatic heterocycles. The quantitative estimate of drug-likeness (QED) is 0.441. The molecule has 1 unspecified atom stereocenters. The first-order valence-corrected chi connectivity index (χ1v) is 9.60. The monoisotopic (exact) mass is 447 g/mol. The van der Waals surface area contributed by atoms with E-state index < -0.39 is 16.8 Å². The number of benzene rings is 2. The van der Waals surface area contributed by atoms with Gasteiger partial charge in [0.05, 0.1) is 40.5 Å². The summed E-state index contributed by atoms with van der Waals surface area (Å²) in [4.78, 5) is 22.4. The molecule has 1 atom stereocenters. The lowest BCUT2D eigenvalue weighted by Crippen LogP contribution is -2.22. The van der Waals surface area contributed by atoms with Crippen molar-refractivity contribution in [3.05, 3.63) is 86.4 Å². The molecule has 3 aromatic rings. The van der Waals surface area contributed by atoms with E-state index in [0.717, 1.165) is 0 Å². The Hall–Kier alpha value is -4.85. The fourth-order valence-electron chi connectivity index (χ4n) is 3.82. The van der Waals surface area contributed by atoms with Crippen LogP contribution in [0, 0.1) is 28.4 Å². The molecule has 0 bridgehead atoms. The summed E-state index contributed by atoms with van der Waals surface area (Å²) in [5.74, 6) is -1.81. The Morgan fingerprint density at radius 1 is 1.36 bits per heavy atom. The van der Waals surface area contributed by atoms with Crippen LogP contribution in [0.4, 0.5) is 5.69 Å². The van der Waals surface area contributed by atoms with E-state index in [9.17, 15) is 25.3 Å². The first-order valence-electron chi connectivity index (χ1n) is 9.60. The third-order valence-electron chi connectivity index (χ3n) is 5.30.